The highest BCUT2D eigenvalue weighted by molar-refractivity contribution is 5.65. The Morgan fingerprint density at radius 2 is 1.94 bits per heavy atom. The molecule has 1 aromatic heterocycles. The van der Waals surface area contributed by atoms with Crippen LogP contribution in [0.1, 0.15) is 30.7 Å². The highest BCUT2D eigenvalue weighted by atomic mass is 16.5. The molecular weight excluding hydrogens is 404 g/mol. The second kappa shape index (κ2) is 10.3. The molecule has 1 aliphatic rings. The van der Waals surface area contributed by atoms with Crippen molar-refractivity contribution in [1.82, 2.24) is 15.3 Å². The number of anilines is 1. The van der Waals surface area contributed by atoms with Crippen LogP contribution < -0.4 is 15.4 Å². The fourth-order valence-electron chi connectivity index (χ4n) is 4.09. The Kier molecular flexibility index (Phi) is 7.07. The minimum Gasteiger partial charge on any atom is -0.504 e. The van der Waals surface area contributed by atoms with E-state index in [0.29, 0.717) is 18.9 Å². The molecule has 168 valence electrons. The number of rotatable bonds is 8. The van der Waals surface area contributed by atoms with Crippen molar-refractivity contribution in [3.8, 4) is 28.5 Å². The molecule has 4 rings (SSSR count). The van der Waals surface area contributed by atoms with Crippen LogP contribution in [-0.2, 0) is 12.8 Å². The van der Waals surface area contributed by atoms with E-state index >= 15 is 0 Å². The van der Waals surface area contributed by atoms with Gasteiger partial charge in [-0.25, -0.2) is 9.97 Å². The van der Waals surface area contributed by atoms with Crippen molar-refractivity contribution >= 4 is 5.69 Å². The van der Waals surface area contributed by atoms with Gasteiger partial charge in [-0.15, -0.1) is 0 Å². The standard InChI is InChI=1S/C25H30N4O3/c1-32-25-22(30)9-8-17(24(25)31)4-3-7-23-27-15-12-21(29-23)18-5-2-6-20(16-18)28-19-10-13-26-14-11-19/h2,5-6,8-9,12,15-16,19,26,28,30-31H,3-4,7,10-11,13-14H2,1H3. The van der Waals surface area contributed by atoms with Crippen molar-refractivity contribution in [2.24, 2.45) is 0 Å². The predicted octanol–water partition coefficient (Wildman–Crippen LogP) is 3.90. The Balaban J connectivity index is 1.40. The van der Waals surface area contributed by atoms with Crippen molar-refractivity contribution in [3.63, 3.8) is 0 Å². The highest BCUT2D eigenvalue weighted by Gasteiger charge is 2.14. The topological polar surface area (TPSA) is 99.5 Å². The lowest BCUT2D eigenvalue weighted by Crippen LogP contribution is -2.35. The van der Waals surface area contributed by atoms with Gasteiger partial charge in [0, 0.05) is 29.9 Å². The number of methoxy groups -OCH3 is 1. The number of hydrogen-bond donors (Lipinski definition) is 4. The molecule has 2 heterocycles. The summed E-state index contributed by atoms with van der Waals surface area (Å²) in [5, 5.41) is 27.1. The first-order valence-electron chi connectivity index (χ1n) is 11.1. The van der Waals surface area contributed by atoms with Crippen LogP contribution in [0.3, 0.4) is 0 Å². The van der Waals surface area contributed by atoms with Gasteiger partial charge in [0.05, 0.1) is 12.8 Å². The van der Waals surface area contributed by atoms with E-state index < -0.39 is 0 Å². The fourth-order valence-corrected chi connectivity index (χ4v) is 4.09. The minimum absolute atomic E-state index is 0.0137. The Morgan fingerprint density at radius 1 is 1.09 bits per heavy atom. The number of phenolic OH excluding ortho intramolecular Hbond substituents is 2. The molecular formula is C25H30N4O3. The number of piperidine rings is 1. The smallest absolute Gasteiger partial charge is 0.203 e. The van der Waals surface area contributed by atoms with Gasteiger partial charge < -0.3 is 25.6 Å². The molecule has 2 aromatic carbocycles. The van der Waals surface area contributed by atoms with Crippen LogP contribution in [0.5, 0.6) is 17.2 Å². The molecule has 0 atom stereocenters. The van der Waals surface area contributed by atoms with E-state index in [-0.39, 0.29) is 17.2 Å². The SMILES string of the molecule is COc1c(O)ccc(CCCc2nccc(-c3cccc(NC4CCNCC4)c3)n2)c1O. The van der Waals surface area contributed by atoms with E-state index in [9.17, 15) is 10.2 Å². The van der Waals surface area contributed by atoms with Gasteiger partial charge in [0.2, 0.25) is 5.75 Å². The average Bonchev–Trinajstić information content (AvgIpc) is 2.82. The van der Waals surface area contributed by atoms with Gasteiger partial charge >= 0.3 is 0 Å². The molecule has 3 aromatic rings. The number of aromatic nitrogens is 2. The molecule has 1 saturated heterocycles. The number of phenols is 2. The summed E-state index contributed by atoms with van der Waals surface area (Å²) in [7, 11) is 1.43. The lowest BCUT2D eigenvalue weighted by Gasteiger charge is -2.24. The van der Waals surface area contributed by atoms with Gasteiger partial charge in [-0.2, -0.15) is 0 Å². The van der Waals surface area contributed by atoms with Crippen molar-refractivity contribution in [2.75, 3.05) is 25.5 Å². The van der Waals surface area contributed by atoms with Crippen LogP contribution in [0, 0.1) is 0 Å². The molecule has 1 aliphatic heterocycles. The summed E-state index contributed by atoms with van der Waals surface area (Å²) in [5.41, 5.74) is 3.81. The van der Waals surface area contributed by atoms with Crippen molar-refractivity contribution < 1.29 is 14.9 Å². The quantitative estimate of drug-likeness (QED) is 0.427. The Hall–Kier alpha value is -3.32. The summed E-state index contributed by atoms with van der Waals surface area (Å²) >= 11 is 0. The van der Waals surface area contributed by atoms with Crippen LogP contribution >= 0.6 is 0 Å². The zero-order valence-electron chi connectivity index (χ0n) is 18.3. The molecule has 0 saturated carbocycles. The largest absolute Gasteiger partial charge is 0.504 e. The zero-order chi connectivity index (χ0) is 22.3. The molecule has 0 aliphatic carbocycles. The first-order chi connectivity index (χ1) is 15.6. The molecule has 0 spiro atoms. The number of aromatic hydroxyl groups is 2. The minimum atomic E-state index is -0.0679. The van der Waals surface area contributed by atoms with E-state index in [1.54, 1.807) is 12.3 Å². The normalized spacial score (nSPS) is 14.3. The van der Waals surface area contributed by atoms with E-state index in [4.69, 9.17) is 9.72 Å². The Morgan fingerprint density at radius 3 is 2.75 bits per heavy atom. The van der Waals surface area contributed by atoms with E-state index in [1.165, 1.54) is 13.2 Å². The monoisotopic (exact) mass is 434 g/mol. The zero-order valence-corrected chi connectivity index (χ0v) is 18.3. The van der Waals surface area contributed by atoms with Gasteiger partial charge in [0.25, 0.3) is 0 Å². The molecule has 32 heavy (non-hydrogen) atoms. The van der Waals surface area contributed by atoms with E-state index in [0.717, 1.165) is 60.7 Å². The Labute approximate surface area is 188 Å². The number of nitrogens with zero attached hydrogens (tertiary/aromatic N) is 2. The molecule has 0 amide bonds. The molecule has 0 bridgehead atoms. The van der Waals surface area contributed by atoms with Crippen molar-refractivity contribution in [1.29, 1.82) is 0 Å². The summed E-state index contributed by atoms with van der Waals surface area (Å²) < 4.78 is 5.07. The highest BCUT2D eigenvalue weighted by Crippen LogP contribution is 2.38. The fraction of sp³-hybridized carbons (Fsp3) is 0.360. The molecule has 7 heteroatoms. The third-order valence-corrected chi connectivity index (χ3v) is 5.82. The lowest BCUT2D eigenvalue weighted by atomic mass is 10.0. The van der Waals surface area contributed by atoms with Crippen LogP contribution in [-0.4, -0.2) is 46.4 Å². The Bertz CT molecular complexity index is 1050. The van der Waals surface area contributed by atoms with Gasteiger partial charge in [-0.3, -0.25) is 0 Å². The first-order valence-corrected chi connectivity index (χ1v) is 11.1. The maximum atomic E-state index is 10.3. The summed E-state index contributed by atoms with van der Waals surface area (Å²) in [4.78, 5) is 9.18. The second-order valence-corrected chi connectivity index (χ2v) is 8.09. The molecule has 7 nitrogen and oxygen atoms in total. The molecule has 4 N–H and O–H groups in total. The maximum Gasteiger partial charge on any atom is 0.203 e. The van der Waals surface area contributed by atoms with E-state index in [2.05, 4.69) is 39.9 Å². The predicted molar refractivity (Wildman–Crippen MR) is 125 cm³/mol. The van der Waals surface area contributed by atoms with Gasteiger partial charge in [0.15, 0.2) is 11.5 Å². The number of nitrogens with one attached hydrogen (secondary N) is 2. The summed E-state index contributed by atoms with van der Waals surface area (Å²) in [5.74, 6) is 0.796. The number of ether oxygens (including phenoxy) is 1. The molecule has 0 unspecified atom stereocenters. The van der Waals surface area contributed by atoms with Crippen LogP contribution in [0.15, 0.2) is 48.7 Å². The number of hydrogen-bond acceptors (Lipinski definition) is 7. The first kappa shape index (κ1) is 21.9. The lowest BCUT2D eigenvalue weighted by molar-refractivity contribution is 0.342. The maximum absolute atomic E-state index is 10.3. The molecule has 0 radical (unpaired) electrons. The summed E-state index contributed by atoms with van der Waals surface area (Å²) in [6.07, 6.45) is 6.14. The van der Waals surface area contributed by atoms with E-state index in [1.807, 2.05) is 6.07 Å². The number of aryl methyl sites for hydroxylation is 2. The van der Waals surface area contributed by atoms with Crippen molar-refractivity contribution in [2.45, 2.75) is 38.1 Å². The summed E-state index contributed by atoms with van der Waals surface area (Å²) in [6.45, 7) is 2.11. The van der Waals surface area contributed by atoms with Crippen LogP contribution in [0.4, 0.5) is 5.69 Å². The summed E-state index contributed by atoms with van der Waals surface area (Å²) in [6, 6.07) is 14.1. The van der Waals surface area contributed by atoms with Crippen LogP contribution in [0.25, 0.3) is 11.3 Å². The molecule has 1 fully saturated rings. The van der Waals surface area contributed by atoms with Gasteiger partial charge in [-0.05, 0) is 68.6 Å². The van der Waals surface area contributed by atoms with Gasteiger partial charge in [0.1, 0.15) is 5.82 Å². The number of benzene rings is 2. The second-order valence-electron chi connectivity index (χ2n) is 8.09. The van der Waals surface area contributed by atoms with Gasteiger partial charge in [-0.1, -0.05) is 18.2 Å². The van der Waals surface area contributed by atoms with Crippen LogP contribution in [0.2, 0.25) is 0 Å². The van der Waals surface area contributed by atoms with Crippen molar-refractivity contribution in [3.05, 3.63) is 60.0 Å². The third kappa shape index (κ3) is 5.29. The third-order valence-electron chi connectivity index (χ3n) is 5.82. The average molecular weight is 435 g/mol.